The third kappa shape index (κ3) is 7.28. The van der Waals surface area contributed by atoms with Crippen LogP contribution in [0, 0.1) is 0 Å². The van der Waals surface area contributed by atoms with E-state index in [1.165, 1.54) is 28.2 Å². The average molecular weight is 414 g/mol. The molecule has 0 unspecified atom stereocenters. The fourth-order valence-corrected chi connectivity index (χ4v) is 4.73. The summed E-state index contributed by atoms with van der Waals surface area (Å²) in [5.41, 5.74) is 11.4. The van der Waals surface area contributed by atoms with E-state index in [4.69, 9.17) is 10.7 Å². The Morgan fingerprint density at radius 1 is 1.29 bits per heavy atom. The maximum atomic E-state index is 5.52. The second-order valence-electron chi connectivity index (χ2n) is 7.07. The zero-order chi connectivity index (χ0) is 20.4. The molecule has 2 N–H and O–H groups in total. The highest BCUT2D eigenvalue weighted by atomic mass is 32.2. The predicted molar refractivity (Wildman–Crippen MR) is 126 cm³/mol. The number of aliphatic imine (C=N–C) groups is 1. The quantitative estimate of drug-likeness (QED) is 0.202. The van der Waals surface area contributed by atoms with E-state index in [-0.39, 0.29) is 0 Å². The van der Waals surface area contributed by atoms with Crippen LogP contribution in [0.3, 0.4) is 0 Å². The number of hydrogen-bond donors (Lipinski definition) is 1. The number of aromatic nitrogens is 1. The summed E-state index contributed by atoms with van der Waals surface area (Å²) < 4.78 is 0. The molecule has 28 heavy (non-hydrogen) atoms. The van der Waals surface area contributed by atoms with Gasteiger partial charge in [0.2, 0.25) is 0 Å². The maximum Gasteiger partial charge on any atom is 0.0954 e. The molecule has 0 aliphatic rings. The van der Waals surface area contributed by atoms with Gasteiger partial charge >= 0.3 is 0 Å². The molecule has 5 heteroatoms. The van der Waals surface area contributed by atoms with E-state index < -0.39 is 0 Å². The highest BCUT2D eigenvalue weighted by molar-refractivity contribution is 7.98. The first-order chi connectivity index (χ1) is 13.5. The first-order valence-electron chi connectivity index (χ1n) is 9.69. The minimum Gasteiger partial charge on any atom is -0.390 e. The van der Waals surface area contributed by atoms with Gasteiger partial charge in [0, 0.05) is 22.7 Å². The zero-order valence-electron chi connectivity index (χ0n) is 17.1. The Bertz CT molecular complexity index is 804. The molecule has 1 aromatic carbocycles. The Morgan fingerprint density at radius 3 is 2.68 bits per heavy atom. The lowest BCUT2D eigenvalue weighted by Crippen LogP contribution is -1.99. The molecule has 0 saturated heterocycles. The molecule has 150 valence electrons. The van der Waals surface area contributed by atoms with Gasteiger partial charge in [-0.2, -0.15) is 11.8 Å². The molecule has 0 aliphatic heterocycles. The number of aryl methyl sites for hydroxylation is 1. The Labute approximate surface area is 177 Å². The second kappa shape index (κ2) is 11.9. The Balaban J connectivity index is 1.88. The van der Waals surface area contributed by atoms with Crippen molar-refractivity contribution in [2.75, 3.05) is 5.75 Å². The summed E-state index contributed by atoms with van der Waals surface area (Å²) >= 11 is 3.68. The van der Waals surface area contributed by atoms with E-state index in [2.05, 4.69) is 55.1 Å². The monoisotopic (exact) mass is 413 g/mol. The van der Waals surface area contributed by atoms with Crippen LogP contribution in [-0.4, -0.2) is 17.1 Å². The summed E-state index contributed by atoms with van der Waals surface area (Å²) in [5, 5.41) is 3.41. The second-order valence-corrected chi connectivity index (χ2v) is 9.06. The van der Waals surface area contributed by atoms with E-state index in [9.17, 15) is 0 Å². The number of allylic oxidation sites excluding steroid dienone is 3. The molecule has 0 fully saturated rings. The Kier molecular flexibility index (Phi) is 9.51. The predicted octanol–water partition coefficient (Wildman–Crippen LogP) is 6.34. The molecule has 1 aromatic heterocycles. The average Bonchev–Trinajstić information content (AvgIpc) is 3.16. The van der Waals surface area contributed by atoms with Crippen LogP contribution in [-0.2, 0) is 12.2 Å². The fourth-order valence-electron chi connectivity index (χ4n) is 2.89. The SMILES string of the molecule is C=C(CCSCc1csc(C(C)C)n1)/C(CCc1ccccc1)=C(C)\N=C/N. The lowest BCUT2D eigenvalue weighted by atomic mass is 9.96. The molecule has 0 spiro atoms. The number of thiazole rings is 1. The molecule has 0 aliphatic carbocycles. The molecule has 0 bridgehead atoms. The molecule has 1 heterocycles. The van der Waals surface area contributed by atoms with E-state index in [1.807, 2.05) is 24.8 Å². The van der Waals surface area contributed by atoms with E-state index >= 15 is 0 Å². The standard InChI is InChI=1S/C23H31N3S2/c1-17(2)23-26-21(15-28-23)14-27-13-12-18(3)22(19(4)25-16-24)11-10-20-8-6-5-7-9-20/h5-9,15-17H,3,10-14H2,1-2,4H3,(H2,24,25)/b22-19-. The van der Waals surface area contributed by atoms with Crippen molar-refractivity contribution in [2.45, 2.75) is 51.7 Å². The van der Waals surface area contributed by atoms with Crippen molar-refractivity contribution >= 4 is 29.4 Å². The van der Waals surface area contributed by atoms with Crippen LogP contribution in [0.2, 0.25) is 0 Å². The van der Waals surface area contributed by atoms with Crippen molar-refractivity contribution in [2.24, 2.45) is 10.7 Å². The zero-order valence-corrected chi connectivity index (χ0v) is 18.8. The number of thioether (sulfide) groups is 1. The van der Waals surface area contributed by atoms with Gasteiger partial charge < -0.3 is 5.73 Å². The van der Waals surface area contributed by atoms with Crippen LogP contribution in [0.4, 0.5) is 0 Å². The molecule has 0 amide bonds. The van der Waals surface area contributed by atoms with Crippen molar-refractivity contribution in [1.82, 2.24) is 4.98 Å². The first kappa shape index (κ1) is 22.4. The number of benzene rings is 1. The van der Waals surface area contributed by atoms with Crippen molar-refractivity contribution < 1.29 is 0 Å². The molecular formula is C23H31N3S2. The van der Waals surface area contributed by atoms with Crippen molar-refractivity contribution in [3.05, 3.63) is 75.4 Å². The van der Waals surface area contributed by atoms with Crippen LogP contribution < -0.4 is 5.73 Å². The lowest BCUT2D eigenvalue weighted by Gasteiger charge is -2.13. The van der Waals surface area contributed by atoms with Gasteiger partial charge in [0.25, 0.3) is 0 Å². The highest BCUT2D eigenvalue weighted by Gasteiger charge is 2.09. The highest BCUT2D eigenvalue weighted by Crippen LogP contribution is 2.26. The lowest BCUT2D eigenvalue weighted by molar-refractivity contribution is 0.846. The van der Waals surface area contributed by atoms with Crippen LogP contribution in [0.15, 0.2) is 64.1 Å². The van der Waals surface area contributed by atoms with Gasteiger partial charge in [-0.15, -0.1) is 11.3 Å². The van der Waals surface area contributed by atoms with Crippen LogP contribution in [0.5, 0.6) is 0 Å². The molecule has 3 nitrogen and oxygen atoms in total. The maximum absolute atomic E-state index is 5.52. The topological polar surface area (TPSA) is 51.3 Å². The summed E-state index contributed by atoms with van der Waals surface area (Å²) in [4.78, 5) is 9.02. The smallest absolute Gasteiger partial charge is 0.0954 e. The number of rotatable bonds is 11. The third-order valence-corrected chi connectivity index (χ3v) is 6.69. The normalized spacial score (nSPS) is 12.6. The minimum atomic E-state index is 0.506. The first-order valence-corrected chi connectivity index (χ1v) is 11.7. The summed E-state index contributed by atoms with van der Waals surface area (Å²) in [6.07, 6.45) is 4.24. The van der Waals surface area contributed by atoms with Gasteiger partial charge in [0.05, 0.1) is 17.0 Å². The Morgan fingerprint density at radius 2 is 2.04 bits per heavy atom. The molecule has 0 saturated carbocycles. The summed E-state index contributed by atoms with van der Waals surface area (Å²) in [6, 6.07) is 10.5. The molecular weight excluding hydrogens is 382 g/mol. The van der Waals surface area contributed by atoms with Crippen molar-refractivity contribution in [1.29, 1.82) is 0 Å². The van der Waals surface area contributed by atoms with Crippen LogP contribution in [0.1, 0.15) is 55.8 Å². The van der Waals surface area contributed by atoms with Gasteiger partial charge in [-0.3, -0.25) is 0 Å². The number of hydrogen-bond acceptors (Lipinski definition) is 4. The van der Waals surface area contributed by atoms with Gasteiger partial charge in [0.15, 0.2) is 0 Å². The van der Waals surface area contributed by atoms with Crippen molar-refractivity contribution in [3.63, 3.8) is 0 Å². The van der Waals surface area contributed by atoms with Crippen LogP contribution in [0.25, 0.3) is 0 Å². The van der Waals surface area contributed by atoms with E-state index in [1.54, 1.807) is 11.3 Å². The molecule has 2 rings (SSSR count). The third-order valence-electron chi connectivity index (χ3n) is 4.50. The van der Waals surface area contributed by atoms with Gasteiger partial charge in [-0.25, -0.2) is 9.98 Å². The minimum absolute atomic E-state index is 0.506. The van der Waals surface area contributed by atoms with Crippen molar-refractivity contribution in [3.8, 4) is 0 Å². The van der Waals surface area contributed by atoms with Crippen LogP contribution >= 0.6 is 23.1 Å². The summed E-state index contributed by atoms with van der Waals surface area (Å²) in [6.45, 7) is 10.7. The Hall–Kier alpha value is -1.85. The van der Waals surface area contributed by atoms with E-state index in [0.717, 1.165) is 42.0 Å². The summed E-state index contributed by atoms with van der Waals surface area (Å²) in [5.74, 6) is 2.49. The van der Waals surface area contributed by atoms with Gasteiger partial charge in [0.1, 0.15) is 0 Å². The van der Waals surface area contributed by atoms with Gasteiger partial charge in [-0.1, -0.05) is 50.8 Å². The number of nitrogens with zero attached hydrogens (tertiary/aromatic N) is 2. The molecule has 0 atom stereocenters. The van der Waals surface area contributed by atoms with Gasteiger partial charge in [-0.05, 0) is 48.6 Å². The molecule has 0 radical (unpaired) electrons. The number of nitrogens with two attached hydrogens (primary N) is 1. The molecule has 2 aromatic rings. The fraction of sp³-hybridized carbons (Fsp3) is 0.391. The largest absolute Gasteiger partial charge is 0.390 e. The van der Waals surface area contributed by atoms with E-state index in [0.29, 0.717) is 5.92 Å². The summed E-state index contributed by atoms with van der Waals surface area (Å²) in [7, 11) is 0.